The van der Waals surface area contributed by atoms with E-state index in [0.29, 0.717) is 18.1 Å². The first kappa shape index (κ1) is 18.5. The highest BCUT2D eigenvalue weighted by Gasteiger charge is 2.37. The number of hydrogen-bond donors (Lipinski definition) is 2. The zero-order valence-electron chi connectivity index (χ0n) is 15.4. The summed E-state index contributed by atoms with van der Waals surface area (Å²) in [5.41, 5.74) is 0.183. The summed E-state index contributed by atoms with van der Waals surface area (Å²) in [5.74, 6) is 1.44. The van der Waals surface area contributed by atoms with E-state index in [9.17, 15) is 0 Å². The molecule has 0 bridgehead atoms. The lowest BCUT2D eigenvalue weighted by atomic mass is 9.81. The minimum Gasteiger partial charge on any atom is -0.378 e. The third-order valence-corrected chi connectivity index (χ3v) is 4.68. The van der Waals surface area contributed by atoms with E-state index in [0.717, 1.165) is 51.6 Å². The Morgan fingerprint density at radius 3 is 2.61 bits per heavy atom. The Morgan fingerprint density at radius 1 is 1.13 bits per heavy atom. The predicted octanol–water partition coefficient (Wildman–Crippen LogP) is 2.56. The minimum atomic E-state index is 0.183. The molecule has 2 saturated heterocycles. The second-order valence-electron chi connectivity index (χ2n) is 7.78. The molecule has 0 aromatic heterocycles. The van der Waals surface area contributed by atoms with Gasteiger partial charge < -0.3 is 20.1 Å². The molecule has 0 spiro atoms. The van der Waals surface area contributed by atoms with E-state index >= 15 is 0 Å². The van der Waals surface area contributed by atoms with Crippen LogP contribution >= 0.6 is 0 Å². The molecule has 0 radical (unpaired) electrons. The van der Waals surface area contributed by atoms with Gasteiger partial charge in [-0.15, -0.1) is 0 Å². The van der Waals surface area contributed by atoms with Crippen LogP contribution in [0.4, 0.5) is 0 Å². The van der Waals surface area contributed by atoms with E-state index in [1.807, 2.05) is 0 Å². The molecule has 3 atom stereocenters. The molecule has 5 nitrogen and oxygen atoms in total. The SMILES string of the molecule is CCNC(=NC[C@@H]1CCO[C@@H]1C(C)(C)C)NCC[C@@H]1CCCO1. The van der Waals surface area contributed by atoms with Crippen molar-refractivity contribution in [3.8, 4) is 0 Å². The van der Waals surface area contributed by atoms with Crippen molar-refractivity contribution in [1.82, 2.24) is 10.6 Å². The molecule has 5 heteroatoms. The van der Waals surface area contributed by atoms with E-state index in [2.05, 4.69) is 38.3 Å². The van der Waals surface area contributed by atoms with Crippen molar-refractivity contribution < 1.29 is 9.47 Å². The Balaban J connectivity index is 1.80. The molecule has 2 aliphatic heterocycles. The topological polar surface area (TPSA) is 54.9 Å². The Morgan fingerprint density at radius 2 is 1.96 bits per heavy atom. The summed E-state index contributed by atoms with van der Waals surface area (Å²) >= 11 is 0. The van der Waals surface area contributed by atoms with Crippen molar-refractivity contribution in [3.05, 3.63) is 0 Å². The van der Waals surface area contributed by atoms with Gasteiger partial charge in [0.1, 0.15) is 0 Å². The highest BCUT2D eigenvalue weighted by atomic mass is 16.5. The summed E-state index contributed by atoms with van der Waals surface area (Å²) in [6.45, 7) is 13.3. The fraction of sp³-hybridized carbons (Fsp3) is 0.944. The normalized spacial score (nSPS) is 29.0. The van der Waals surface area contributed by atoms with Gasteiger partial charge in [0.25, 0.3) is 0 Å². The Hall–Kier alpha value is -0.810. The van der Waals surface area contributed by atoms with Gasteiger partial charge in [-0.1, -0.05) is 20.8 Å². The predicted molar refractivity (Wildman–Crippen MR) is 94.9 cm³/mol. The van der Waals surface area contributed by atoms with Gasteiger partial charge in [0, 0.05) is 38.8 Å². The zero-order chi connectivity index (χ0) is 16.7. The molecule has 0 aromatic rings. The molecule has 134 valence electrons. The van der Waals surface area contributed by atoms with Crippen LogP contribution in [-0.4, -0.2) is 51.0 Å². The first-order valence-corrected chi connectivity index (χ1v) is 9.26. The first-order chi connectivity index (χ1) is 11.0. The summed E-state index contributed by atoms with van der Waals surface area (Å²) in [4.78, 5) is 4.80. The smallest absolute Gasteiger partial charge is 0.191 e. The molecule has 0 aromatic carbocycles. The maximum atomic E-state index is 5.94. The molecule has 2 rings (SSSR count). The average Bonchev–Trinajstić information content (AvgIpc) is 3.15. The molecule has 0 saturated carbocycles. The second kappa shape index (κ2) is 8.88. The maximum absolute atomic E-state index is 5.94. The van der Waals surface area contributed by atoms with E-state index < -0.39 is 0 Å². The summed E-state index contributed by atoms with van der Waals surface area (Å²) in [6.07, 6.45) is 5.30. The van der Waals surface area contributed by atoms with Crippen molar-refractivity contribution in [3.63, 3.8) is 0 Å². The van der Waals surface area contributed by atoms with Crippen molar-refractivity contribution >= 4 is 5.96 Å². The quantitative estimate of drug-likeness (QED) is 0.582. The number of guanidine groups is 1. The van der Waals surface area contributed by atoms with Crippen LogP contribution in [0.2, 0.25) is 0 Å². The van der Waals surface area contributed by atoms with Gasteiger partial charge in [0.05, 0.1) is 12.2 Å². The summed E-state index contributed by atoms with van der Waals surface area (Å²) < 4.78 is 11.6. The molecule has 2 N–H and O–H groups in total. The lowest BCUT2D eigenvalue weighted by Gasteiger charge is -2.30. The molecular formula is C18H35N3O2. The molecule has 2 aliphatic rings. The van der Waals surface area contributed by atoms with Gasteiger partial charge in [0.2, 0.25) is 0 Å². The average molecular weight is 325 g/mol. The third-order valence-electron chi connectivity index (χ3n) is 4.68. The number of aliphatic imine (C=N–C) groups is 1. The third kappa shape index (κ3) is 5.96. The first-order valence-electron chi connectivity index (χ1n) is 9.26. The van der Waals surface area contributed by atoms with E-state index in [4.69, 9.17) is 14.5 Å². The van der Waals surface area contributed by atoms with Gasteiger partial charge in [-0.2, -0.15) is 0 Å². The van der Waals surface area contributed by atoms with Crippen molar-refractivity contribution in [1.29, 1.82) is 0 Å². The Bertz CT molecular complexity index is 373. The monoisotopic (exact) mass is 325 g/mol. The van der Waals surface area contributed by atoms with Crippen molar-refractivity contribution in [2.75, 3.05) is 32.8 Å². The summed E-state index contributed by atoms with van der Waals surface area (Å²) in [7, 11) is 0. The summed E-state index contributed by atoms with van der Waals surface area (Å²) in [5, 5.41) is 6.79. The highest BCUT2D eigenvalue weighted by molar-refractivity contribution is 5.79. The lowest BCUT2D eigenvalue weighted by molar-refractivity contribution is 0.00890. The van der Waals surface area contributed by atoms with Crippen LogP contribution in [0.1, 0.15) is 53.4 Å². The molecule has 2 fully saturated rings. The molecule has 0 amide bonds. The van der Waals surface area contributed by atoms with Crippen LogP contribution in [0, 0.1) is 11.3 Å². The standard InChI is InChI=1S/C18H35N3O2/c1-5-19-17(20-10-8-15-7-6-11-22-15)21-13-14-9-12-23-16(14)18(2,3)4/h14-16H,5-13H2,1-4H3,(H2,19,20,21)/t14-,15-,16-/m0/s1. The van der Waals surface area contributed by atoms with E-state index in [1.54, 1.807) is 0 Å². The molecule has 2 heterocycles. The number of hydrogen-bond acceptors (Lipinski definition) is 3. The van der Waals surface area contributed by atoms with Gasteiger partial charge in [0.15, 0.2) is 5.96 Å². The second-order valence-corrected chi connectivity index (χ2v) is 7.78. The van der Waals surface area contributed by atoms with Gasteiger partial charge in [-0.3, -0.25) is 4.99 Å². The van der Waals surface area contributed by atoms with Crippen LogP contribution in [0.15, 0.2) is 4.99 Å². The largest absolute Gasteiger partial charge is 0.378 e. The van der Waals surface area contributed by atoms with Crippen LogP contribution in [0.5, 0.6) is 0 Å². The van der Waals surface area contributed by atoms with Gasteiger partial charge in [-0.25, -0.2) is 0 Å². The molecule has 23 heavy (non-hydrogen) atoms. The molecule has 0 aliphatic carbocycles. The number of rotatable bonds is 6. The number of nitrogens with one attached hydrogen (secondary N) is 2. The van der Waals surface area contributed by atoms with E-state index in [1.165, 1.54) is 12.8 Å². The molecule has 0 unspecified atom stereocenters. The van der Waals surface area contributed by atoms with E-state index in [-0.39, 0.29) is 5.41 Å². The highest BCUT2D eigenvalue weighted by Crippen LogP contribution is 2.34. The fourth-order valence-electron chi connectivity index (χ4n) is 3.55. The minimum absolute atomic E-state index is 0.183. The zero-order valence-corrected chi connectivity index (χ0v) is 15.4. The van der Waals surface area contributed by atoms with Crippen LogP contribution in [0.25, 0.3) is 0 Å². The maximum Gasteiger partial charge on any atom is 0.191 e. The Labute approximate surface area is 141 Å². The molecular weight excluding hydrogens is 290 g/mol. The number of nitrogens with zero attached hydrogens (tertiary/aromatic N) is 1. The van der Waals surface area contributed by atoms with Gasteiger partial charge >= 0.3 is 0 Å². The van der Waals surface area contributed by atoms with Crippen molar-refractivity contribution in [2.24, 2.45) is 16.3 Å². The van der Waals surface area contributed by atoms with Crippen LogP contribution in [0.3, 0.4) is 0 Å². The Kier molecular flexibility index (Phi) is 7.15. The summed E-state index contributed by atoms with van der Waals surface area (Å²) in [6, 6.07) is 0. The van der Waals surface area contributed by atoms with Gasteiger partial charge in [-0.05, 0) is 38.0 Å². The van der Waals surface area contributed by atoms with Crippen molar-refractivity contribution in [2.45, 2.75) is 65.6 Å². The lowest BCUT2D eigenvalue weighted by Crippen LogP contribution is -2.39. The fourth-order valence-corrected chi connectivity index (χ4v) is 3.55. The number of ether oxygens (including phenoxy) is 2. The van der Waals surface area contributed by atoms with Crippen LogP contribution in [-0.2, 0) is 9.47 Å². The van der Waals surface area contributed by atoms with Crippen LogP contribution < -0.4 is 10.6 Å².